The third kappa shape index (κ3) is 5.16. The van der Waals surface area contributed by atoms with Gasteiger partial charge in [0.05, 0.1) is 5.54 Å². The van der Waals surface area contributed by atoms with Gasteiger partial charge in [0.25, 0.3) is 0 Å². The van der Waals surface area contributed by atoms with Crippen molar-refractivity contribution in [2.75, 3.05) is 6.54 Å². The summed E-state index contributed by atoms with van der Waals surface area (Å²) in [7, 11) is 0. The van der Waals surface area contributed by atoms with Crippen LogP contribution >= 0.6 is 0 Å². The zero-order chi connectivity index (χ0) is 31.3. The van der Waals surface area contributed by atoms with Gasteiger partial charge < -0.3 is 14.2 Å². The topological polar surface area (TPSA) is 32.5 Å². The molecule has 1 aliphatic carbocycles. The maximum absolute atomic E-state index is 6.61. The van der Waals surface area contributed by atoms with Crippen LogP contribution in [0.3, 0.4) is 0 Å². The zero-order valence-electron chi connectivity index (χ0n) is 26.6. The zero-order valence-corrected chi connectivity index (χ0v) is 28.9. The van der Waals surface area contributed by atoms with E-state index < -0.39 is 5.54 Å². The average molecular weight is 792 g/mol. The van der Waals surface area contributed by atoms with Gasteiger partial charge in [-0.2, -0.15) is 37.0 Å². The van der Waals surface area contributed by atoms with E-state index in [0.29, 0.717) is 18.9 Å². The Morgan fingerprint density at radius 3 is 2.04 bits per heavy atom. The molecule has 0 spiro atoms. The minimum Gasteiger partial charge on any atom is -0.508 e. The Morgan fingerprint density at radius 1 is 0.766 bits per heavy atom. The van der Waals surface area contributed by atoms with Gasteiger partial charge in [0, 0.05) is 38.7 Å². The van der Waals surface area contributed by atoms with Crippen LogP contribution in [0.4, 0.5) is 0 Å². The molecule has 0 unspecified atom stereocenters. The largest absolute Gasteiger partial charge is 0.508 e. The van der Waals surface area contributed by atoms with Crippen molar-refractivity contribution in [3.05, 3.63) is 180 Å². The van der Waals surface area contributed by atoms with Crippen LogP contribution in [0.15, 0.2) is 126 Å². The molecule has 0 radical (unpaired) electrons. The van der Waals surface area contributed by atoms with Gasteiger partial charge in [0.1, 0.15) is 5.76 Å². The van der Waals surface area contributed by atoms with E-state index in [4.69, 9.17) is 9.40 Å². The first-order valence-electron chi connectivity index (χ1n) is 15.8. The van der Waals surface area contributed by atoms with Gasteiger partial charge in [-0.05, 0) is 73.1 Å². The smallest absolute Gasteiger partial charge is 0.186 e. The van der Waals surface area contributed by atoms with Gasteiger partial charge in [0.2, 0.25) is 0 Å². The predicted octanol–water partition coefficient (Wildman–Crippen LogP) is 9.25. The molecule has 0 atom stereocenters. The molecule has 2 aliphatic rings. The molecule has 0 fully saturated rings. The van der Waals surface area contributed by atoms with Crippen LogP contribution < -0.4 is 0 Å². The van der Waals surface area contributed by atoms with E-state index in [9.17, 15) is 0 Å². The first kappa shape index (κ1) is 31.0. The standard InChI is InChI=1S/C42H34N3O.Pt/c1-29-26-30(2)39(31(3)27-29)41-40(32-14-6-4-7-15-32)43-38(46-41)22-23-44-24-25-45(28-44)42(33-16-8-5-9-17-33)36-20-12-10-18-34(36)35-19-11-13-21-37(35)42;/h4-14,16,18-21,24-28H,22-23H2,1-3H3;/q-3;. The Labute approximate surface area is 291 Å². The Bertz CT molecular complexity index is 2010. The third-order valence-corrected chi connectivity index (χ3v) is 9.23. The summed E-state index contributed by atoms with van der Waals surface area (Å²) in [6.45, 7) is 9.35. The van der Waals surface area contributed by atoms with Gasteiger partial charge in [-0.15, -0.1) is 41.5 Å². The molecular formula is C42H34N3OPt-3. The van der Waals surface area contributed by atoms with E-state index in [1.165, 1.54) is 38.9 Å². The van der Waals surface area contributed by atoms with Gasteiger partial charge in [0.15, 0.2) is 5.89 Å². The molecule has 0 saturated carbocycles. The van der Waals surface area contributed by atoms with Crippen molar-refractivity contribution < 1.29 is 25.5 Å². The molecule has 4 nitrogen and oxygen atoms in total. The number of nitrogens with zero attached hydrogens (tertiary/aromatic N) is 3. The Hall–Kier alpha value is -4.66. The number of hydrogen-bond acceptors (Lipinski definition) is 4. The summed E-state index contributed by atoms with van der Waals surface area (Å²) in [6.07, 6.45) is 4.98. The first-order chi connectivity index (χ1) is 22.5. The first-order valence-corrected chi connectivity index (χ1v) is 15.8. The van der Waals surface area contributed by atoms with Crippen molar-refractivity contribution in [3.8, 4) is 33.7 Å². The van der Waals surface area contributed by atoms with Crippen LogP contribution in [-0.4, -0.2) is 21.3 Å². The van der Waals surface area contributed by atoms with Crippen molar-refractivity contribution in [1.82, 2.24) is 14.8 Å². The summed E-state index contributed by atoms with van der Waals surface area (Å²) in [5.74, 6) is 1.53. The van der Waals surface area contributed by atoms with E-state index in [1.54, 1.807) is 0 Å². The van der Waals surface area contributed by atoms with E-state index in [2.05, 4.69) is 141 Å². The van der Waals surface area contributed by atoms with Crippen LogP contribution in [0.2, 0.25) is 0 Å². The fourth-order valence-corrected chi connectivity index (χ4v) is 7.39. The molecule has 0 saturated heterocycles. The molecule has 236 valence electrons. The van der Waals surface area contributed by atoms with Crippen LogP contribution in [-0.2, 0) is 33.0 Å². The summed E-state index contributed by atoms with van der Waals surface area (Å²) < 4.78 is 6.61. The Morgan fingerprint density at radius 2 is 1.40 bits per heavy atom. The molecule has 5 heteroatoms. The quantitative estimate of drug-likeness (QED) is 0.151. The van der Waals surface area contributed by atoms with Crippen molar-refractivity contribution >= 4 is 0 Å². The molecule has 47 heavy (non-hydrogen) atoms. The summed E-state index contributed by atoms with van der Waals surface area (Å²) >= 11 is 0. The minimum absolute atomic E-state index is 0. The van der Waals surface area contributed by atoms with Gasteiger partial charge in [-0.3, -0.25) is 4.98 Å². The summed E-state index contributed by atoms with van der Waals surface area (Å²) in [5.41, 5.74) is 12.1. The number of aromatic nitrogens is 1. The van der Waals surface area contributed by atoms with Gasteiger partial charge >= 0.3 is 0 Å². The molecule has 1 aliphatic heterocycles. The molecule has 0 bridgehead atoms. The molecule has 6 aromatic rings. The second kappa shape index (κ2) is 12.5. The van der Waals surface area contributed by atoms with Crippen LogP contribution in [0.25, 0.3) is 33.7 Å². The second-order valence-electron chi connectivity index (χ2n) is 12.2. The number of benzene rings is 5. The fraction of sp³-hybridized carbons (Fsp3) is 0.143. The summed E-state index contributed by atoms with van der Waals surface area (Å²) in [4.78, 5) is 9.63. The summed E-state index contributed by atoms with van der Waals surface area (Å²) in [6, 6.07) is 45.2. The number of fused-ring (bicyclic) bond motifs is 3. The van der Waals surface area contributed by atoms with E-state index in [0.717, 1.165) is 28.1 Å². The van der Waals surface area contributed by atoms with Crippen molar-refractivity contribution in [1.29, 1.82) is 0 Å². The SMILES string of the molecule is Cc1cc(C)c(-c2oc(CCN3C=CN(C4(c5[c-]cccc5)c5ccccc5-c5ccccc54)[CH-]3)nc2-c2[c-]cccc2)c(C)c1.[Pt]. The van der Waals surface area contributed by atoms with E-state index in [-0.39, 0.29) is 21.1 Å². The average Bonchev–Trinajstić information content (AvgIpc) is 3.80. The van der Waals surface area contributed by atoms with E-state index in [1.807, 2.05) is 30.3 Å². The molecule has 8 rings (SSSR count). The number of aryl methyl sites for hydroxylation is 3. The molecule has 2 heterocycles. The fourth-order valence-electron chi connectivity index (χ4n) is 7.39. The van der Waals surface area contributed by atoms with Crippen molar-refractivity contribution in [3.63, 3.8) is 0 Å². The molecule has 0 amide bonds. The molecular weight excluding hydrogens is 758 g/mol. The minimum atomic E-state index is -0.535. The van der Waals surface area contributed by atoms with Crippen molar-refractivity contribution in [2.24, 2.45) is 0 Å². The monoisotopic (exact) mass is 791 g/mol. The number of hydrogen-bond donors (Lipinski definition) is 0. The van der Waals surface area contributed by atoms with Gasteiger partial charge in [-0.1, -0.05) is 66.2 Å². The maximum atomic E-state index is 6.61. The maximum Gasteiger partial charge on any atom is 0.186 e. The third-order valence-electron chi connectivity index (χ3n) is 9.23. The number of oxazole rings is 1. The van der Waals surface area contributed by atoms with Crippen LogP contribution in [0.1, 0.15) is 39.3 Å². The second-order valence-corrected chi connectivity index (χ2v) is 12.2. The predicted molar refractivity (Wildman–Crippen MR) is 183 cm³/mol. The van der Waals surface area contributed by atoms with E-state index >= 15 is 0 Å². The van der Waals surface area contributed by atoms with Gasteiger partial charge in [-0.25, -0.2) is 0 Å². The molecule has 5 aromatic carbocycles. The van der Waals surface area contributed by atoms with Crippen molar-refractivity contribution in [2.45, 2.75) is 32.7 Å². The molecule has 1 aromatic heterocycles. The van der Waals surface area contributed by atoms with Crippen LogP contribution in [0, 0.1) is 39.6 Å². The molecule has 0 N–H and O–H groups in total. The Balaban J connectivity index is 0.00000351. The summed E-state index contributed by atoms with van der Waals surface area (Å²) in [5, 5.41) is 0. The number of rotatable bonds is 7. The Kier molecular flexibility index (Phi) is 8.24. The normalized spacial score (nSPS) is 14.2. The van der Waals surface area contributed by atoms with Crippen LogP contribution in [0.5, 0.6) is 0 Å².